The molecule has 0 aliphatic heterocycles. The number of pyridine rings is 1. The molecule has 1 N–H and O–H groups in total. The molecule has 0 fully saturated rings. The van der Waals surface area contributed by atoms with Crippen LogP contribution in [0, 0.1) is 13.8 Å². The van der Waals surface area contributed by atoms with Gasteiger partial charge in [0.05, 0.1) is 17.8 Å². The van der Waals surface area contributed by atoms with Crippen LogP contribution in [-0.2, 0) is 17.8 Å². The van der Waals surface area contributed by atoms with E-state index in [-0.39, 0.29) is 12.3 Å². The number of carbonyl (C=O) groups is 1. The third-order valence-electron chi connectivity index (χ3n) is 3.61. The lowest BCUT2D eigenvalue weighted by Crippen LogP contribution is -2.15. The average molecular weight is 432 g/mol. The van der Waals surface area contributed by atoms with Crippen LogP contribution < -0.4 is 10.1 Å². The molecule has 5 nitrogen and oxygen atoms in total. The number of aryl methyl sites for hydroxylation is 2. The van der Waals surface area contributed by atoms with Crippen molar-refractivity contribution >= 4 is 39.0 Å². The summed E-state index contributed by atoms with van der Waals surface area (Å²) in [5.41, 5.74) is 2.74. The van der Waals surface area contributed by atoms with Gasteiger partial charge in [0, 0.05) is 9.85 Å². The number of halogens is 1. The van der Waals surface area contributed by atoms with E-state index >= 15 is 0 Å². The molecule has 1 aromatic carbocycles. The summed E-state index contributed by atoms with van der Waals surface area (Å²) in [7, 11) is 0. The number of hydrogen-bond donors (Lipinski definition) is 1. The molecule has 0 saturated carbocycles. The van der Waals surface area contributed by atoms with Crippen molar-refractivity contribution in [2.24, 2.45) is 0 Å². The summed E-state index contributed by atoms with van der Waals surface area (Å²) in [6.45, 7) is 4.30. The van der Waals surface area contributed by atoms with Crippen LogP contribution in [0.3, 0.4) is 0 Å². The minimum Gasteiger partial charge on any atom is -0.486 e. The van der Waals surface area contributed by atoms with Crippen LogP contribution in [0.4, 0.5) is 5.82 Å². The third-order valence-corrected chi connectivity index (χ3v) is 5.32. The fraction of sp³-hybridized carbons (Fsp3) is 0.211. The maximum atomic E-state index is 12.2. The van der Waals surface area contributed by atoms with Gasteiger partial charge in [0.25, 0.3) is 0 Å². The summed E-state index contributed by atoms with van der Waals surface area (Å²) in [4.78, 5) is 20.9. The lowest BCUT2D eigenvalue weighted by molar-refractivity contribution is -0.115. The minimum atomic E-state index is -0.143. The Hall–Kier alpha value is -2.25. The van der Waals surface area contributed by atoms with Crippen molar-refractivity contribution in [1.82, 2.24) is 9.97 Å². The number of ether oxygens (including phenoxy) is 1. The Bertz CT molecular complexity index is 909. The van der Waals surface area contributed by atoms with E-state index in [1.54, 1.807) is 6.07 Å². The fourth-order valence-corrected chi connectivity index (χ4v) is 3.17. The minimum absolute atomic E-state index is 0.143. The van der Waals surface area contributed by atoms with Crippen LogP contribution >= 0.6 is 27.3 Å². The molecule has 0 spiro atoms. The summed E-state index contributed by atoms with van der Waals surface area (Å²) in [5, 5.41) is 5.51. The first-order chi connectivity index (χ1) is 12.5. The number of nitrogens with one attached hydrogen (secondary N) is 1. The van der Waals surface area contributed by atoms with Crippen LogP contribution in [0.1, 0.15) is 22.0 Å². The molecule has 2 heterocycles. The first-order valence-corrected chi connectivity index (χ1v) is 9.72. The number of benzene rings is 1. The monoisotopic (exact) mass is 431 g/mol. The first kappa shape index (κ1) is 18.5. The fourth-order valence-electron chi connectivity index (χ4n) is 2.24. The molecule has 0 saturated heterocycles. The summed E-state index contributed by atoms with van der Waals surface area (Å²) in [5.74, 6) is 1.20. The molecule has 3 rings (SSSR count). The zero-order valence-corrected chi connectivity index (χ0v) is 16.9. The molecule has 134 valence electrons. The SMILES string of the molecule is Cc1ccc(OCc2nc(CC(=O)Nc3ccc(Br)c(C)n3)cs2)cc1. The van der Waals surface area contributed by atoms with Crippen LogP contribution in [0.5, 0.6) is 5.75 Å². The Morgan fingerprint density at radius 2 is 1.92 bits per heavy atom. The van der Waals surface area contributed by atoms with Gasteiger partial charge in [-0.3, -0.25) is 4.79 Å². The molecular weight excluding hydrogens is 414 g/mol. The van der Waals surface area contributed by atoms with E-state index in [2.05, 4.69) is 31.2 Å². The van der Waals surface area contributed by atoms with Crippen molar-refractivity contribution in [2.75, 3.05) is 5.32 Å². The lowest BCUT2D eigenvalue weighted by Gasteiger charge is -2.05. The van der Waals surface area contributed by atoms with Gasteiger partial charge in [-0.25, -0.2) is 9.97 Å². The van der Waals surface area contributed by atoms with E-state index in [1.165, 1.54) is 16.9 Å². The molecule has 0 unspecified atom stereocenters. The van der Waals surface area contributed by atoms with Crippen molar-refractivity contribution in [1.29, 1.82) is 0 Å². The van der Waals surface area contributed by atoms with E-state index < -0.39 is 0 Å². The molecule has 0 radical (unpaired) electrons. The molecule has 1 amide bonds. The van der Waals surface area contributed by atoms with Gasteiger partial charge in [-0.2, -0.15) is 0 Å². The average Bonchev–Trinajstić information content (AvgIpc) is 3.05. The zero-order valence-electron chi connectivity index (χ0n) is 14.5. The van der Waals surface area contributed by atoms with Crippen LogP contribution in [0.2, 0.25) is 0 Å². The summed E-state index contributed by atoms with van der Waals surface area (Å²) in [6.07, 6.45) is 0.206. The number of nitrogens with zero attached hydrogens (tertiary/aromatic N) is 2. The van der Waals surface area contributed by atoms with Crippen molar-refractivity contribution < 1.29 is 9.53 Å². The molecule has 0 atom stereocenters. The van der Waals surface area contributed by atoms with Gasteiger partial charge < -0.3 is 10.1 Å². The Morgan fingerprint density at radius 3 is 2.65 bits per heavy atom. The van der Waals surface area contributed by atoms with Gasteiger partial charge >= 0.3 is 0 Å². The highest BCUT2D eigenvalue weighted by Gasteiger charge is 2.10. The normalized spacial score (nSPS) is 10.6. The lowest BCUT2D eigenvalue weighted by atomic mass is 10.2. The maximum Gasteiger partial charge on any atom is 0.231 e. The van der Waals surface area contributed by atoms with Crippen molar-refractivity contribution in [3.05, 3.63) is 68.2 Å². The van der Waals surface area contributed by atoms with Crippen molar-refractivity contribution in [2.45, 2.75) is 26.9 Å². The highest BCUT2D eigenvalue weighted by atomic mass is 79.9. The van der Waals surface area contributed by atoms with Gasteiger partial charge in [-0.05, 0) is 54.0 Å². The van der Waals surface area contributed by atoms with E-state index in [9.17, 15) is 4.79 Å². The molecule has 3 aromatic rings. The van der Waals surface area contributed by atoms with Gasteiger partial charge in [0.2, 0.25) is 5.91 Å². The second-order valence-corrected chi connectivity index (χ2v) is 7.62. The van der Waals surface area contributed by atoms with E-state index in [4.69, 9.17) is 4.74 Å². The summed E-state index contributed by atoms with van der Waals surface area (Å²) < 4.78 is 6.63. The number of aromatic nitrogens is 2. The quantitative estimate of drug-likeness (QED) is 0.615. The molecule has 2 aromatic heterocycles. The standard InChI is InChI=1S/C19H18BrN3O2S/c1-12-3-5-15(6-4-12)25-10-19-22-14(11-26-19)9-18(24)23-17-8-7-16(20)13(2)21-17/h3-8,11H,9-10H2,1-2H3,(H,21,23,24). The highest BCUT2D eigenvalue weighted by molar-refractivity contribution is 9.10. The van der Waals surface area contributed by atoms with E-state index in [1.807, 2.05) is 49.6 Å². The Balaban J connectivity index is 1.53. The number of carbonyl (C=O) groups excluding carboxylic acids is 1. The maximum absolute atomic E-state index is 12.2. The molecule has 7 heteroatoms. The molecule has 0 aliphatic carbocycles. The number of hydrogen-bond acceptors (Lipinski definition) is 5. The van der Waals surface area contributed by atoms with Crippen molar-refractivity contribution in [3.63, 3.8) is 0 Å². The zero-order chi connectivity index (χ0) is 18.5. The Kier molecular flexibility index (Phi) is 6.00. The highest BCUT2D eigenvalue weighted by Crippen LogP contribution is 2.18. The first-order valence-electron chi connectivity index (χ1n) is 8.05. The van der Waals surface area contributed by atoms with Gasteiger partial charge in [0.1, 0.15) is 23.2 Å². The second kappa shape index (κ2) is 8.42. The molecule has 0 bridgehead atoms. The number of thiazole rings is 1. The van der Waals surface area contributed by atoms with Gasteiger partial charge in [0.15, 0.2) is 0 Å². The number of amides is 1. The van der Waals surface area contributed by atoms with Crippen molar-refractivity contribution in [3.8, 4) is 5.75 Å². The van der Waals surface area contributed by atoms with E-state index in [0.29, 0.717) is 12.4 Å². The molecule has 26 heavy (non-hydrogen) atoms. The molecular formula is C19H18BrN3O2S. The van der Waals surface area contributed by atoms with Crippen LogP contribution in [-0.4, -0.2) is 15.9 Å². The second-order valence-electron chi connectivity index (χ2n) is 5.82. The number of rotatable bonds is 6. The summed E-state index contributed by atoms with van der Waals surface area (Å²) in [6, 6.07) is 11.5. The Labute approximate surface area is 164 Å². The summed E-state index contributed by atoms with van der Waals surface area (Å²) >= 11 is 4.88. The largest absolute Gasteiger partial charge is 0.486 e. The van der Waals surface area contributed by atoms with Gasteiger partial charge in [-0.15, -0.1) is 11.3 Å². The molecule has 0 aliphatic rings. The van der Waals surface area contributed by atoms with E-state index in [0.717, 1.165) is 26.6 Å². The number of anilines is 1. The Morgan fingerprint density at radius 1 is 1.15 bits per heavy atom. The topological polar surface area (TPSA) is 64.1 Å². The third kappa shape index (κ3) is 5.12. The predicted molar refractivity (Wildman–Crippen MR) is 107 cm³/mol. The van der Waals surface area contributed by atoms with Crippen LogP contribution in [0.25, 0.3) is 0 Å². The predicted octanol–water partition coefficient (Wildman–Crippen LogP) is 4.68. The van der Waals surface area contributed by atoms with Gasteiger partial charge in [-0.1, -0.05) is 17.7 Å². The smallest absolute Gasteiger partial charge is 0.231 e. The van der Waals surface area contributed by atoms with Crippen LogP contribution in [0.15, 0.2) is 46.3 Å².